The van der Waals surface area contributed by atoms with Crippen LogP contribution in [-0.4, -0.2) is 24.3 Å². The third-order valence-electron chi connectivity index (χ3n) is 2.12. The van der Waals surface area contributed by atoms with Gasteiger partial charge in [0.2, 0.25) is 0 Å². The number of aliphatic hydroxyl groups is 1. The Hall–Kier alpha value is -0.280. The van der Waals surface area contributed by atoms with E-state index >= 15 is 0 Å². The maximum atomic E-state index is 9.68. The van der Waals surface area contributed by atoms with Gasteiger partial charge in [0.25, 0.3) is 0 Å². The summed E-state index contributed by atoms with van der Waals surface area (Å²) in [5.74, 6) is 0. The van der Waals surface area contributed by atoms with Gasteiger partial charge in [-0.2, -0.15) is 0 Å². The molecule has 1 atom stereocenters. The molecule has 0 saturated carbocycles. The molecule has 0 heterocycles. The van der Waals surface area contributed by atoms with E-state index < -0.39 is 6.10 Å². The number of nitrogens with one attached hydrogen (secondary N) is 1. The van der Waals surface area contributed by atoms with E-state index in [0.717, 1.165) is 12.1 Å². The van der Waals surface area contributed by atoms with Gasteiger partial charge in [0.1, 0.15) is 0 Å². The Labute approximate surface area is 100 Å². The minimum absolute atomic E-state index is 0.430. The number of hydrogen-bond acceptors (Lipinski definition) is 2. The molecule has 4 heteroatoms. The summed E-state index contributed by atoms with van der Waals surface area (Å²) in [7, 11) is 0. The fourth-order valence-corrected chi connectivity index (χ4v) is 1.74. The Morgan fingerprint density at radius 1 is 1.40 bits per heavy atom. The van der Waals surface area contributed by atoms with Gasteiger partial charge in [-0.25, -0.2) is 0 Å². The van der Waals surface area contributed by atoms with Crippen LogP contribution < -0.4 is 5.32 Å². The van der Waals surface area contributed by atoms with E-state index in [2.05, 4.69) is 5.32 Å². The molecule has 15 heavy (non-hydrogen) atoms. The first kappa shape index (κ1) is 12.8. The van der Waals surface area contributed by atoms with E-state index in [1.54, 1.807) is 6.07 Å². The lowest BCUT2D eigenvalue weighted by atomic mass is 10.1. The van der Waals surface area contributed by atoms with Gasteiger partial charge in [-0.05, 0) is 18.2 Å². The molecule has 0 saturated heterocycles. The van der Waals surface area contributed by atoms with Gasteiger partial charge in [-0.1, -0.05) is 42.3 Å². The number of likely N-dealkylation sites (N-methyl/N-ethyl adjacent to an activating group) is 1. The SMILES string of the molecule is CCNCC(O)Cc1cccc(Cl)c1Cl. The summed E-state index contributed by atoms with van der Waals surface area (Å²) in [6.07, 6.45) is 0.0905. The molecule has 0 aliphatic carbocycles. The third kappa shape index (κ3) is 3.99. The van der Waals surface area contributed by atoms with Gasteiger partial charge in [0.05, 0.1) is 16.1 Å². The van der Waals surface area contributed by atoms with Gasteiger partial charge in [-0.15, -0.1) is 0 Å². The van der Waals surface area contributed by atoms with Gasteiger partial charge < -0.3 is 10.4 Å². The van der Waals surface area contributed by atoms with E-state index in [1.165, 1.54) is 0 Å². The molecule has 0 radical (unpaired) electrons. The van der Waals surface area contributed by atoms with Gasteiger partial charge in [0, 0.05) is 13.0 Å². The van der Waals surface area contributed by atoms with Crippen LogP contribution in [0.2, 0.25) is 10.0 Å². The number of rotatable bonds is 5. The van der Waals surface area contributed by atoms with Crippen LogP contribution in [0.4, 0.5) is 0 Å². The second-order valence-electron chi connectivity index (χ2n) is 3.38. The molecule has 2 N–H and O–H groups in total. The summed E-state index contributed by atoms with van der Waals surface area (Å²) < 4.78 is 0. The molecule has 0 aromatic heterocycles. The molecule has 1 aromatic carbocycles. The highest BCUT2D eigenvalue weighted by molar-refractivity contribution is 6.42. The molecule has 0 spiro atoms. The zero-order chi connectivity index (χ0) is 11.3. The summed E-state index contributed by atoms with van der Waals surface area (Å²) in [5.41, 5.74) is 0.884. The van der Waals surface area contributed by atoms with Crippen molar-refractivity contribution in [1.29, 1.82) is 0 Å². The highest BCUT2D eigenvalue weighted by Gasteiger charge is 2.09. The van der Waals surface area contributed by atoms with Crippen molar-refractivity contribution in [2.24, 2.45) is 0 Å². The molecular weight excluding hydrogens is 233 g/mol. The summed E-state index contributed by atoms with van der Waals surface area (Å²) in [4.78, 5) is 0. The van der Waals surface area contributed by atoms with Crippen LogP contribution in [0.1, 0.15) is 12.5 Å². The molecule has 0 amide bonds. The lowest BCUT2D eigenvalue weighted by Gasteiger charge is -2.12. The second kappa shape index (κ2) is 6.33. The molecular formula is C11H15Cl2NO. The molecule has 1 rings (SSSR count). The first-order valence-corrected chi connectivity index (χ1v) is 5.72. The normalized spacial score (nSPS) is 12.8. The van der Waals surface area contributed by atoms with Gasteiger partial charge >= 0.3 is 0 Å². The van der Waals surface area contributed by atoms with Crippen molar-refractivity contribution in [2.75, 3.05) is 13.1 Å². The maximum Gasteiger partial charge on any atom is 0.0705 e. The van der Waals surface area contributed by atoms with Crippen LogP contribution in [0.5, 0.6) is 0 Å². The minimum Gasteiger partial charge on any atom is -0.391 e. The van der Waals surface area contributed by atoms with Crippen LogP contribution in [0.25, 0.3) is 0 Å². The van der Waals surface area contributed by atoms with Crippen molar-refractivity contribution in [3.05, 3.63) is 33.8 Å². The van der Waals surface area contributed by atoms with E-state index in [-0.39, 0.29) is 0 Å². The zero-order valence-corrected chi connectivity index (χ0v) is 10.1. The average Bonchev–Trinajstić information content (AvgIpc) is 2.22. The second-order valence-corrected chi connectivity index (χ2v) is 4.16. The smallest absolute Gasteiger partial charge is 0.0705 e. The van der Waals surface area contributed by atoms with Crippen LogP contribution in [-0.2, 0) is 6.42 Å². The number of hydrogen-bond donors (Lipinski definition) is 2. The maximum absolute atomic E-state index is 9.68. The third-order valence-corrected chi connectivity index (χ3v) is 2.98. The van der Waals surface area contributed by atoms with Crippen molar-refractivity contribution >= 4 is 23.2 Å². The monoisotopic (exact) mass is 247 g/mol. The van der Waals surface area contributed by atoms with Crippen LogP contribution >= 0.6 is 23.2 Å². The minimum atomic E-state index is -0.430. The van der Waals surface area contributed by atoms with Crippen molar-refractivity contribution in [3.63, 3.8) is 0 Å². The highest BCUT2D eigenvalue weighted by atomic mass is 35.5. The number of halogens is 2. The summed E-state index contributed by atoms with van der Waals surface area (Å²) >= 11 is 11.9. The predicted octanol–water partition coefficient (Wildman–Crippen LogP) is 2.51. The number of aliphatic hydroxyl groups excluding tert-OH is 1. The van der Waals surface area contributed by atoms with Crippen LogP contribution in [0.15, 0.2) is 18.2 Å². The van der Waals surface area contributed by atoms with Crippen LogP contribution in [0, 0.1) is 0 Å². The zero-order valence-electron chi connectivity index (χ0n) is 8.63. The molecule has 84 valence electrons. The molecule has 0 aliphatic heterocycles. The fraction of sp³-hybridized carbons (Fsp3) is 0.455. The molecule has 0 bridgehead atoms. The van der Waals surface area contributed by atoms with E-state index in [0.29, 0.717) is 23.0 Å². The topological polar surface area (TPSA) is 32.3 Å². The molecule has 0 fully saturated rings. The Bertz CT molecular complexity index is 317. The molecule has 2 nitrogen and oxygen atoms in total. The molecule has 1 aromatic rings. The highest BCUT2D eigenvalue weighted by Crippen LogP contribution is 2.26. The lowest BCUT2D eigenvalue weighted by Crippen LogP contribution is -2.28. The largest absolute Gasteiger partial charge is 0.391 e. The van der Waals surface area contributed by atoms with Gasteiger partial charge in [0.15, 0.2) is 0 Å². The fourth-order valence-electron chi connectivity index (χ4n) is 1.34. The van der Waals surface area contributed by atoms with Crippen molar-refractivity contribution in [2.45, 2.75) is 19.4 Å². The Balaban J connectivity index is 2.60. The number of benzene rings is 1. The summed E-state index contributed by atoms with van der Waals surface area (Å²) in [6, 6.07) is 5.46. The summed E-state index contributed by atoms with van der Waals surface area (Å²) in [5, 5.41) is 13.8. The standard InChI is InChI=1S/C11H15Cl2NO/c1-2-14-7-9(15)6-8-4-3-5-10(12)11(8)13/h3-5,9,14-15H,2,6-7H2,1H3. The van der Waals surface area contributed by atoms with Gasteiger partial charge in [-0.3, -0.25) is 0 Å². The molecule has 0 aliphatic rings. The van der Waals surface area contributed by atoms with Crippen LogP contribution in [0.3, 0.4) is 0 Å². The van der Waals surface area contributed by atoms with Crippen molar-refractivity contribution < 1.29 is 5.11 Å². The first-order valence-electron chi connectivity index (χ1n) is 4.96. The summed E-state index contributed by atoms with van der Waals surface area (Å²) in [6.45, 7) is 3.42. The predicted molar refractivity (Wildman–Crippen MR) is 64.7 cm³/mol. The van der Waals surface area contributed by atoms with Crippen molar-refractivity contribution in [3.8, 4) is 0 Å². The lowest BCUT2D eigenvalue weighted by molar-refractivity contribution is 0.173. The van der Waals surface area contributed by atoms with E-state index in [4.69, 9.17) is 23.2 Å². The average molecular weight is 248 g/mol. The first-order chi connectivity index (χ1) is 7.15. The Kier molecular flexibility index (Phi) is 5.40. The van der Waals surface area contributed by atoms with E-state index in [9.17, 15) is 5.11 Å². The quantitative estimate of drug-likeness (QED) is 0.839. The Morgan fingerprint density at radius 3 is 2.80 bits per heavy atom. The molecule has 1 unspecified atom stereocenters. The van der Waals surface area contributed by atoms with Crippen molar-refractivity contribution in [1.82, 2.24) is 5.32 Å². The Morgan fingerprint density at radius 2 is 2.13 bits per heavy atom. The van der Waals surface area contributed by atoms with E-state index in [1.807, 2.05) is 19.1 Å².